The molecule has 1 saturated heterocycles. The summed E-state index contributed by atoms with van der Waals surface area (Å²) in [5, 5.41) is 19.5. The molecule has 3 rings (SSSR count). The number of ether oxygens (including phenoxy) is 1. The van der Waals surface area contributed by atoms with Crippen molar-refractivity contribution in [2.45, 2.75) is 24.5 Å². The quantitative estimate of drug-likeness (QED) is 0.382. The molecule has 126 valence electrons. The molecule has 1 fully saturated rings. The van der Waals surface area contributed by atoms with Gasteiger partial charge in [0.05, 0.1) is 19.3 Å². The first-order valence-electron chi connectivity index (χ1n) is 6.40. The second-order valence-corrected chi connectivity index (χ2v) is 6.05. The van der Waals surface area contributed by atoms with Crippen molar-refractivity contribution in [1.82, 2.24) is 19.5 Å². The summed E-state index contributed by atoms with van der Waals surface area (Å²) in [4.78, 5) is 39.5. The van der Waals surface area contributed by atoms with Gasteiger partial charge < -0.3 is 29.7 Å². The van der Waals surface area contributed by atoms with Gasteiger partial charge in [-0.1, -0.05) is 0 Å². The molecule has 0 saturated carbocycles. The van der Waals surface area contributed by atoms with E-state index >= 15 is 0 Å². The highest BCUT2D eigenvalue weighted by molar-refractivity contribution is 7.46. The van der Waals surface area contributed by atoms with Crippen LogP contribution in [0.5, 0.6) is 0 Å². The number of nitrogens with zero attached hydrogens (tertiary/aromatic N) is 3. The number of phosphoric ester groups is 1. The Morgan fingerprint density at radius 3 is 2.83 bits per heavy atom. The fourth-order valence-corrected chi connectivity index (χ4v) is 3.01. The number of hydrogen-bond acceptors (Lipinski definition) is 8. The maximum atomic E-state index is 11.6. The monoisotopic (exact) mass is 348 g/mol. The van der Waals surface area contributed by atoms with Crippen LogP contribution in [-0.2, 0) is 13.8 Å². The van der Waals surface area contributed by atoms with Gasteiger partial charge in [0.15, 0.2) is 17.4 Å². The first-order chi connectivity index (χ1) is 10.8. The molecule has 12 nitrogen and oxygen atoms in total. The van der Waals surface area contributed by atoms with Crippen LogP contribution in [0.2, 0.25) is 0 Å². The third-order valence-corrected chi connectivity index (χ3v) is 3.91. The Morgan fingerprint density at radius 1 is 1.43 bits per heavy atom. The lowest BCUT2D eigenvalue weighted by molar-refractivity contribution is -0.0509. The smallest absolute Gasteiger partial charge is 0.394 e. The minimum Gasteiger partial charge on any atom is -0.394 e. The van der Waals surface area contributed by atoms with Gasteiger partial charge in [-0.25, -0.2) is 14.5 Å². The molecule has 0 spiro atoms. The van der Waals surface area contributed by atoms with Crippen LogP contribution in [-0.4, -0.2) is 64.4 Å². The van der Waals surface area contributed by atoms with E-state index in [1.54, 1.807) is 0 Å². The predicted octanol–water partition coefficient (Wildman–Crippen LogP) is -2.15. The largest absolute Gasteiger partial charge is 0.470 e. The van der Waals surface area contributed by atoms with Crippen LogP contribution in [0.15, 0.2) is 17.4 Å². The van der Waals surface area contributed by atoms with Gasteiger partial charge in [-0.2, -0.15) is 0 Å². The van der Waals surface area contributed by atoms with Crippen molar-refractivity contribution in [3.05, 3.63) is 23.0 Å². The topological polar surface area (TPSA) is 180 Å². The lowest BCUT2D eigenvalue weighted by Crippen LogP contribution is -2.35. The molecule has 0 aromatic carbocycles. The Bertz CT molecular complexity index is 815. The minimum atomic E-state index is -4.91. The van der Waals surface area contributed by atoms with E-state index < -0.39 is 44.5 Å². The summed E-state index contributed by atoms with van der Waals surface area (Å²) >= 11 is 0. The van der Waals surface area contributed by atoms with E-state index in [1.807, 2.05) is 0 Å². The number of aliphatic hydroxyl groups is 2. The Morgan fingerprint density at radius 2 is 2.17 bits per heavy atom. The molecule has 2 aromatic rings. The van der Waals surface area contributed by atoms with Crippen LogP contribution in [0.3, 0.4) is 0 Å². The van der Waals surface area contributed by atoms with Crippen LogP contribution >= 0.6 is 7.82 Å². The van der Waals surface area contributed by atoms with Crippen molar-refractivity contribution in [3.8, 4) is 0 Å². The molecule has 1 aliphatic heterocycles. The van der Waals surface area contributed by atoms with Gasteiger partial charge in [-0.3, -0.25) is 13.9 Å². The fourth-order valence-electron chi connectivity index (χ4n) is 2.43. The standard InChI is InChI=1S/C10H13N4O8P/c15-1-4-7(22-23(18,19)20)6(16)10(21-4)14-3-13-5-8(14)11-2-12-9(5)17/h2-4,6-7,10,15-16H,1H2,(H,11,12,17)(H2,18,19,20)/t4-,6-,7+,10-/m0/s1. The summed E-state index contributed by atoms with van der Waals surface area (Å²) in [7, 11) is -4.91. The summed E-state index contributed by atoms with van der Waals surface area (Å²) in [5.41, 5.74) is -0.391. The molecule has 4 atom stereocenters. The number of rotatable bonds is 4. The van der Waals surface area contributed by atoms with Gasteiger partial charge >= 0.3 is 7.82 Å². The lowest BCUT2D eigenvalue weighted by Gasteiger charge is -2.19. The number of phosphoric acid groups is 1. The molecular weight excluding hydrogens is 335 g/mol. The Kier molecular flexibility index (Phi) is 4.06. The molecule has 23 heavy (non-hydrogen) atoms. The van der Waals surface area contributed by atoms with Crippen molar-refractivity contribution in [2.24, 2.45) is 0 Å². The van der Waals surface area contributed by atoms with Gasteiger partial charge in [0.25, 0.3) is 5.56 Å². The number of nitrogens with one attached hydrogen (secondary N) is 1. The molecule has 0 radical (unpaired) electrons. The zero-order valence-electron chi connectivity index (χ0n) is 11.4. The van der Waals surface area contributed by atoms with Gasteiger partial charge in [0.1, 0.15) is 18.3 Å². The second-order valence-electron chi connectivity index (χ2n) is 4.85. The number of aromatic nitrogens is 4. The van der Waals surface area contributed by atoms with Gasteiger partial charge in [0, 0.05) is 0 Å². The van der Waals surface area contributed by atoms with Crippen molar-refractivity contribution in [2.75, 3.05) is 6.61 Å². The maximum absolute atomic E-state index is 11.6. The third kappa shape index (κ3) is 2.93. The first-order valence-corrected chi connectivity index (χ1v) is 7.93. The van der Waals surface area contributed by atoms with Crippen molar-refractivity contribution >= 4 is 19.0 Å². The SMILES string of the molecule is O=c1[nH]cnc2c1ncn2[C@H]1O[C@@H](CO)[C@@H](OP(=O)(O)O)[C@@H]1O. The normalized spacial score (nSPS) is 28.5. The average Bonchev–Trinajstić information content (AvgIpc) is 3.01. The van der Waals surface area contributed by atoms with Crippen LogP contribution < -0.4 is 5.56 Å². The summed E-state index contributed by atoms with van der Waals surface area (Å²) in [5.74, 6) is 0. The van der Waals surface area contributed by atoms with E-state index in [2.05, 4.69) is 19.5 Å². The highest BCUT2D eigenvalue weighted by Gasteiger charge is 2.48. The van der Waals surface area contributed by atoms with Crippen molar-refractivity contribution in [3.63, 3.8) is 0 Å². The number of hydrogen-bond donors (Lipinski definition) is 5. The van der Waals surface area contributed by atoms with Crippen LogP contribution in [0.25, 0.3) is 11.2 Å². The number of fused-ring (bicyclic) bond motifs is 1. The van der Waals surface area contributed by atoms with Crippen LogP contribution in [0, 0.1) is 0 Å². The summed E-state index contributed by atoms with van der Waals surface area (Å²) < 4.78 is 22.1. The molecule has 2 aromatic heterocycles. The summed E-state index contributed by atoms with van der Waals surface area (Å²) in [6, 6.07) is 0. The highest BCUT2D eigenvalue weighted by Crippen LogP contribution is 2.43. The Balaban J connectivity index is 1.98. The maximum Gasteiger partial charge on any atom is 0.470 e. The van der Waals surface area contributed by atoms with Gasteiger partial charge in [-0.05, 0) is 0 Å². The number of H-pyrrole nitrogens is 1. The zero-order chi connectivity index (χ0) is 16.8. The van der Waals surface area contributed by atoms with Crippen molar-refractivity contribution < 1.29 is 33.8 Å². The molecular formula is C10H13N4O8P. The Labute approximate surface area is 127 Å². The molecule has 13 heteroatoms. The minimum absolute atomic E-state index is 0.00297. The molecule has 0 bridgehead atoms. The second kappa shape index (κ2) is 5.76. The molecule has 3 heterocycles. The zero-order valence-corrected chi connectivity index (χ0v) is 12.3. The molecule has 0 unspecified atom stereocenters. The third-order valence-electron chi connectivity index (χ3n) is 3.39. The first kappa shape index (κ1) is 16.2. The number of imidazole rings is 1. The van der Waals surface area contributed by atoms with Gasteiger partial charge in [0.2, 0.25) is 0 Å². The van der Waals surface area contributed by atoms with Crippen LogP contribution in [0.4, 0.5) is 0 Å². The van der Waals surface area contributed by atoms with E-state index in [0.29, 0.717) is 0 Å². The van der Waals surface area contributed by atoms with Gasteiger partial charge in [-0.15, -0.1) is 0 Å². The predicted molar refractivity (Wildman–Crippen MR) is 72.1 cm³/mol. The molecule has 0 aliphatic carbocycles. The van der Waals surface area contributed by atoms with E-state index in [-0.39, 0.29) is 11.2 Å². The number of aromatic amines is 1. The molecule has 1 aliphatic rings. The highest BCUT2D eigenvalue weighted by atomic mass is 31.2. The van der Waals surface area contributed by atoms with E-state index in [9.17, 15) is 19.6 Å². The van der Waals surface area contributed by atoms with E-state index in [1.165, 1.54) is 10.9 Å². The van der Waals surface area contributed by atoms with E-state index in [4.69, 9.17) is 14.5 Å². The summed E-state index contributed by atoms with van der Waals surface area (Å²) in [6.07, 6.45) is -3.04. The van der Waals surface area contributed by atoms with Crippen LogP contribution in [0.1, 0.15) is 6.23 Å². The lowest BCUT2D eigenvalue weighted by atomic mass is 10.1. The fraction of sp³-hybridized carbons (Fsp3) is 0.500. The van der Waals surface area contributed by atoms with E-state index in [0.717, 1.165) is 6.33 Å². The summed E-state index contributed by atoms with van der Waals surface area (Å²) in [6.45, 7) is -0.640. The van der Waals surface area contributed by atoms with Crippen molar-refractivity contribution in [1.29, 1.82) is 0 Å². The number of aliphatic hydroxyl groups excluding tert-OH is 2. The Hall–Kier alpha value is -1.66. The average molecular weight is 348 g/mol. The molecule has 5 N–H and O–H groups in total. The molecule has 0 amide bonds.